The minimum absolute atomic E-state index is 0.677. The zero-order valence-corrected chi connectivity index (χ0v) is 4.44. The van der Waals surface area contributed by atoms with Crippen molar-refractivity contribution in [2.45, 2.75) is 12.3 Å². The number of halogens is 3. The van der Waals surface area contributed by atoms with Gasteiger partial charge in [-0.05, 0) is 0 Å². The van der Waals surface area contributed by atoms with E-state index < -0.39 is 18.8 Å². The highest BCUT2D eigenvalue weighted by Gasteiger charge is 2.37. The first-order valence-electron chi connectivity index (χ1n) is 2.16. The van der Waals surface area contributed by atoms with Crippen LogP contribution in [0.3, 0.4) is 0 Å². The van der Waals surface area contributed by atoms with E-state index >= 15 is 0 Å². The highest BCUT2D eigenvalue weighted by Crippen LogP contribution is 2.18. The molecule has 0 saturated heterocycles. The van der Waals surface area contributed by atoms with Crippen LogP contribution in [-0.4, -0.2) is 23.9 Å². The van der Waals surface area contributed by atoms with E-state index in [4.69, 9.17) is 5.11 Å². The number of hydrazine groups is 1. The van der Waals surface area contributed by atoms with Gasteiger partial charge in [-0.3, -0.25) is 11.3 Å². The second-order valence-corrected chi connectivity index (χ2v) is 1.47. The molecule has 56 valence electrons. The minimum atomic E-state index is -4.58. The van der Waals surface area contributed by atoms with Crippen LogP contribution < -0.4 is 11.3 Å². The molecule has 0 aromatic heterocycles. The Balaban J connectivity index is 3.59. The Morgan fingerprint density at radius 1 is 1.56 bits per heavy atom. The van der Waals surface area contributed by atoms with Crippen LogP contribution in [0, 0.1) is 0 Å². The molecule has 0 aliphatic rings. The van der Waals surface area contributed by atoms with Gasteiger partial charge in [0.1, 0.15) is 0 Å². The summed E-state index contributed by atoms with van der Waals surface area (Å²) in [5.74, 6) is 4.52. The van der Waals surface area contributed by atoms with Crippen LogP contribution >= 0.6 is 0 Å². The van der Waals surface area contributed by atoms with Crippen molar-refractivity contribution in [1.29, 1.82) is 0 Å². The summed E-state index contributed by atoms with van der Waals surface area (Å²) in [6.45, 7) is -0.677. The van der Waals surface area contributed by atoms with Crippen molar-refractivity contribution in [1.82, 2.24) is 5.43 Å². The quantitative estimate of drug-likeness (QED) is 0.357. The molecule has 0 heterocycles. The second kappa shape index (κ2) is 3.00. The molecule has 0 amide bonds. The summed E-state index contributed by atoms with van der Waals surface area (Å²) in [4.78, 5) is 0. The lowest BCUT2D eigenvalue weighted by molar-refractivity contribution is -0.201. The molecule has 1 atom stereocenters. The number of rotatable bonds is 2. The summed E-state index contributed by atoms with van der Waals surface area (Å²) in [6.07, 6.45) is -6.95. The molecule has 0 saturated carbocycles. The summed E-state index contributed by atoms with van der Waals surface area (Å²) in [6, 6.07) is 0. The first-order chi connectivity index (χ1) is 3.98. The van der Waals surface area contributed by atoms with Gasteiger partial charge in [0.05, 0.1) is 0 Å². The molecule has 0 aliphatic heterocycles. The van der Waals surface area contributed by atoms with Crippen LogP contribution in [0.15, 0.2) is 0 Å². The van der Waals surface area contributed by atoms with E-state index in [0.29, 0.717) is 0 Å². The van der Waals surface area contributed by atoms with Crippen molar-refractivity contribution in [2.75, 3.05) is 6.54 Å². The van der Waals surface area contributed by atoms with Crippen LogP contribution in [0.25, 0.3) is 0 Å². The van der Waals surface area contributed by atoms with Crippen LogP contribution in [0.5, 0.6) is 0 Å². The smallest absolute Gasteiger partial charge is 0.382 e. The topological polar surface area (TPSA) is 58.3 Å². The molecule has 6 heteroatoms. The molecule has 0 aromatic rings. The van der Waals surface area contributed by atoms with Crippen molar-refractivity contribution in [3.05, 3.63) is 0 Å². The maximum Gasteiger partial charge on any atom is 0.415 e. The Morgan fingerprint density at radius 2 is 2.00 bits per heavy atom. The predicted octanol–water partition coefficient (Wildman–Crippen LogP) is -0.627. The fraction of sp³-hybridized carbons (Fsp3) is 1.00. The SMILES string of the molecule is NNC[C@H](O)C(F)(F)F. The van der Waals surface area contributed by atoms with Crippen LogP contribution in [-0.2, 0) is 0 Å². The second-order valence-electron chi connectivity index (χ2n) is 1.47. The average molecular weight is 144 g/mol. The van der Waals surface area contributed by atoms with Crippen molar-refractivity contribution in [3.63, 3.8) is 0 Å². The summed E-state index contributed by atoms with van der Waals surface area (Å²) in [5, 5.41) is 8.12. The van der Waals surface area contributed by atoms with Crippen molar-refractivity contribution in [2.24, 2.45) is 5.84 Å². The third-order valence-electron chi connectivity index (χ3n) is 0.689. The molecule has 0 fully saturated rings. The number of nitrogens with one attached hydrogen (secondary N) is 1. The lowest BCUT2D eigenvalue weighted by atomic mass is 10.3. The Morgan fingerprint density at radius 3 is 2.11 bits per heavy atom. The molecule has 3 nitrogen and oxygen atoms in total. The maximum absolute atomic E-state index is 11.3. The number of alkyl halides is 3. The first kappa shape index (κ1) is 8.67. The Kier molecular flexibility index (Phi) is 2.89. The number of aliphatic hydroxyl groups is 1. The average Bonchev–Trinajstić information content (AvgIpc) is 1.64. The number of hydrogen-bond donors (Lipinski definition) is 3. The molecule has 0 spiro atoms. The van der Waals surface area contributed by atoms with Gasteiger partial charge in [0.2, 0.25) is 0 Å². The third kappa shape index (κ3) is 3.28. The standard InChI is InChI=1S/C3H7F3N2O/c4-3(5,6)2(9)1-8-7/h2,8-9H,1,7H2/t2-/m0/s1. The van der Waals surface area contributed by atoms with E-state index in [2.05, 4.69) is 5.84 Å². The van der Waals surface area contributed by atoms with Crippen molar-refractivity contribution in [3.8, 4) is 0 Å². The van der Waals surface area contributed by atoms with Crippen LogP contribution in [0.1, 0.15) is 0 Å². The molecule has 0 aromatic carbocycles. The van der Waals surface area contributed by atoms with Gasteiger partial charge in [0.15, 0.2) is 6.10 Å². The maximum atomic E-state index is 11.3. The predicted molar refractivity (Wildman–Crippen MR) is 24.3 cm³/mol. The third-order valence-corrected chi connectivity index (χ3v) is 0.689. The van der Waals surface area contributed by atoms with Gasteiger partial charge in [-0.1, -0.05) is 0 Å². The summed E-state index contributed by atoms with van der Waals surface area (Å²) in [7, 11) is 0. The van der Waals surface area contributed by atoms with Gasteiger partial charge in [-0.15, -0.1) is 0 Å². The summed E-state index contributed by atoms with van der Waals surface area (Å²) < 4.78 is 33.9. The number of hydrogen-bond acceptors (Lipinski definition) is 3. The van der Waals surface area contributed by atoms with Gasteiger partial charge in [0.25, 0.3) is 0 Å². The van der Waals surface area contributed by atoms with Gasteiger partial charge in [0, 0.05) is 6.54 Å². The molecule has 0 unspecified atom stereocenters. The van der Waals surface area contributed by atoms with E-state index in [-0.39, 0.29) is 0 Å². The molecule has 0 radical (unpaired) electrons. The van der Waals surface area contributed by atoms with Gasteiger partial charge < -0.3 is 5.11 Å². The normalized spacial score (nSPS) is 15.7. The molecular formula is C3H7F3N2O. The van der Waals surface area contributed by atoms with Crippen LogP contribution in [0.4, 0.5) is 13.2 Å². The van der Waals surface area contributed by atoms with Gasteiger partial charge in [-0.25, -0.2) is 0 Å². The lowest BCUT2D eigenvalue weighted by Gasteiger charge is -2.12. The first-order valence-corrected chi connectivity index (χ1v) is 2.16. The Labute approximate surface area is 49.6 Å². The van der Waals surface area contributed by atoms with E-state index in [0.717, 1.165) is 0 Å². The molecule has 0 bridgehead atoms. The highest BCUT2D eigenvalue weighted by atomic mass is 19.4. The summed E-state index contributed by atoms with van der Waals surface area (Å²) >= 11 is 0. The van der Waals surface area contributed by atoms with Crippen molar-refractivity contribution >= 4 is 0 Å². The van der Waals surface area contributed by atoms with Gasteiger partial charge >= 0.3 is 6.18 Å². The lowest BCUT2D eigenvalue weighted by Crippen LogP contribution is -2.40. The fourth-order valence-electron chi connectivity index (χ4n) is 0.227. The zero-order valence-electron chi connectivity index (χ0n) is 4.44. The Bertz CT molecular complexity index is 83.6. The van der Waals surface area contributed by atoms with E-state index in [1.807, 2.05) is 0 Å². The molecular weight excluding hydrogens is 137 g/mol. The number of aliphatic hydroxyl groups excluding tert-OH is 1. The zero-order chi connectivity index (χ0) is 7.49. The molecule has 9 heavy (non-hydrogen) atoms. The van der Waals surface area contributed by atoms with E-state index in [9.17, 15) is 13.2 Å². The Hall–Kier alpha value is -0.330. The van der Waals surface area contributed by atoms with Crippen molar-refractivity contribution < 1.29 is 18.3 Å². The largest absolute Gasteiger partial charge is 0.415 e. The minimum Gasteiger partial charge on any atom is -0.382 e. The molecule has 4 N–H and O–H groups in total. The van der Waals surface area contributed by atoms with E-state index in [1.54, 1.807) is 5.43 Å². The summed E-state index contributed by atoms with van der Waals surface area (Å²) in [5.41, 5.74) is 1.70. The monoisotopic (exact) mass is 144 g/mol. The van der Waals surface area contributed by atoms with Crippen LogP contribution in [0.2, 0.25) is 0 Å². The molecule has 0 rings (SSSR count). The molecule has 0 aliphatic carbocycles. The van der Waals surface area contributed by atoms with E-state index in [1.165, 1.54) is 0 Å². The number of nitrogens with two attached hydrogens (primary N) is 1. The van der Waals surface area contributed by atoms with Gasteiger partial charge in [-0.2, -0.15) is 13.2 Å². The highest BCUT2D eigenvalue weighted by molar-refractivity contribution is 4.65. The fourth-order valence-corrected chi connectivity index (χ4v) is 0.227.